The highest BCUT2D eigenvalue weighted by molar-refractivity contribution is 5.40. The molecule has 0 aromatic heterocycles. The molecule has 1 aromatic rings. The van der Waals surface area contributed by atoms with Gasteiger partial charge in [0.1, 0.15) is 0 Å². The fraction of sp³-hybridized carbons (Fsp3) is 0.667. The van der Waals surface area contributed by atoms with Crippen molar-refractivity contribution in [1.82, 2.24) is 0 Å². The summed E-state index contributed by atoms with van der Waals surface area (Å²) in [6, 6.07) is 1.72. The van der Waals surface area contributed by atoms with E-state index in [-0.39, 0.29) is 5.75 Å². The molecule has 0 radical (unpaired) electrons. The first-order valence-electron chi connectivity index (χ1n) is 8.17. The molecular weight excluding hydrogens is 270 g/mol. The van der Waals surface area contributed by atoms with E-state index >= 15 is 0 Å². The average Bonchev–Trinajstić information content (AvgIpc) is 2.51. The lowest BCUT2D eigenvalue weighted by Gasteiger charge is -2.30. The zero-order valence-corrected chi connectivity index (χ0v) is 13.3. The maximum Gasteiger partial charge on any atom is 0.200 e. The van der Waals surface area contributed by atoms with Gasteiger partial charge in [0.15, 0.2) is 11.6 Å². The Labute approximate surface area is 126 Å². The zero-order valence-electron chi connectivity index (χ0n) is 13.3. The average molecular weight is 296 g/mol. The molecule has 0 spiro atoms. The van der Waals surface area contributed by atoms with E-state index in [0.29, 0.717) is 17.9 Å². The standard InChI is InChI=1S/C18H26F2O/c1-4-6-12-7-9-13(10-8-12)15-11-16(21-3)18(20)17(19)14(15)5-2/h11-13H,4-10H2,1-3H3. The Morgan fingerprint density at radius 1 is 1.10 bits per heavy atom. The van der Waals surface area contributed by atoms with Gasteiger partial charge in [0.25, 0.3) is 0 Å². The molecule has 1 aromatic carbocycles. The van der Waals surface area contributed by atoms with Gasteiger partial charge < -0.3 is 4.74 Å². The molecule has 1 aliphatic rings. The van der Waals surface area contributed by atoms with Gasteiger partial charge in [0.2, 0.25) is 5.82 Å². The number of ether oxygens (including phenoxy) is 1. The molecule has 118 valence electrons. The molecule has 0 amide bonds. The third-order valence-corrected chi connectivity index (χ3v) is 4.87. The lowest BCUT2D eigenvalue weighted by atomic mass is 9.76. The van der Waals surface area contributed by atoms with E-state index in [1.165, 1.54) is 32.8 Å². The van der Waals surface area contributed by atoms with Crippen molar-refractivity contribution in [1.29, 1.82) is 0 Å². The second-order valence-electron chi connectivity index (χ2n) is 6.13. The number of benzene rings is 1. The lowest BCUT2D eigenvalue weighted by molar-refractivity contribution is 0.305. The highest BCUT2D eigenvalue weighted by atomic mass is 19.2. The summed E-state index contributed by atoms with van der Waals surface area (Å²) in [5, 5.41) is 0. The molecule has 3 heteroatoms. The molecule has 0 heterocycles. The van der Waals surface area contributed by atoms with Gasteiger partial charge in [-0.05, 0) is 61.1 Å². The fourth-order valence-electron chi connectivity index (χ4n) is 3.70. The zero-order chi connectivity index (χ0) is 15.4. The Balaban J connectivity index is 2.25. The quantitative estimate of drug-likeness (QED) is 0.686. The number of hydrogen-bond donors (Lipinski definition) is 0. The van der Waals surface area contributed by atoms with Crippen molar-refractivity contribution in [3.63, 3.8) is 0 Å². The topological polar surface area (TPSA) is 9.23 Å². The van der Waals surface area contributed by atoms with Crippen LogP contribution in [0.15, 0.2) is 6.07 Å². The predicted molar refractivity (Wildman–Crippen MR) is 81.9 cm³/mol. The second kappa shape index (κ2) is 7.24. The van der Waals surface area contributed by atoms with Crippen LogP contribution in [0.3, 0.4) is 0 Å². The molecule has 1 nitrogen and oxygen atoms in total. The minimum atomic E-state index is -0.849. The predicted octanol–water partition coefficient (Wildman–Crippen LogP) is 5.61. The summed E-state index contributed by atoms with van der Waals surface area (Å²) in [4.78, 5) is 0. The van der Waals surface area contributed by atoms with Crippen LogP contribution in [0.1, 0.15) is 69.4 Å². The van der Waals surface area contributed by atoms with Gasteiger partial charge in [-0.3, -0.25) is 0 Å². The van der Waals surface area contributed by atoms with Crippen molar-refractivity contribution in [3.8, 4) is 5.75 Å². The largest absolute Gasteiger partial charge is 0.494 e. The summed E-state index contributed by atoms with van der Waals surface area (Å²) >= 11 is 0. The molecule has 0 bridgehead atoms. The maximum atomic E-state index is 14.2. The van der Waals surface area contributed by atoms with Crippen LogP contribution in [0.2, 0.25) is 0 Å². The highest BCUT2D eigenvalue weighted by Gasteiger charge is 2.27. The summed E-state index contributed by atoms with van der Waals surface area (Å²) < 4.78 is 33.1. The monoisotopic (exact) mass is 296 g/mol. The van der Waals surface area contributed by atoms with E-state index in [1.807, 2.05) is 6.92 Å². The van der Waals surface area contributed by atoms with Crippen LogP contribution >= 0.6 is 0 Å². The van der Waals surface area contributed by atoms with Gasteiger partial charge >= 0.3 is 0 Å². The SMILES string of the molecule is CCCC1CCC(c2cc(OC)c(F)c(F)c2CC)CC1. The molecule has 21 heavy (non-hydrogen) atoms. The minimum Gasteiger partial charge on any atom is -0.494 e. The number of halogens is 2. The molecule has 0 saturated heterocycles. The van der Waals surface area contributed by atoms with E-state index in [2.05, 4.69) is 6.92 Å². The van der Waals surface area contributed by atoms with Crippen molar-refractivity contribution in [2.75, 3.05) is 7.11 Å². The van der Waals surface area contributed by atoms with Gasteiger partial charge in [0.05, 0.1) is 7.11 Å². The summed E-state index contributed by atoms with van der Waals surface area (Å²) in [6.45, 7) is 4.11. The Hall–Kier alpha value is -1.12. The molecule has 2 rings (SSSR count). The van der Waals surface area contributed by atoms with E-state index in [0.717, 1.165) is 24.3 Å². The van der Waals surface area contributed by atoms with Gasteiger partial charge in [-0.25, -0.2) is 4.39 Å². The van der Waals surface area contributed by atoms with Crippen LogP contribution in [0, 0.1) is 17.6 Å². The maximum absolute atomic E-state index is 14.2. The molecule has 0 unspecified atom stereocenters. The first kappa shape index (κ1) is 16.3. The first-order chi connectivity index (χ1) is 10.1. The summed E-state index contributed by atoms with van der Waals surface area (Å²) in [5.41, 5.74) is 1.50. The molecule has 1 fully saturated rings. The summed E-state index contributed by atoms with van der Waals surface area (Å²) in [7, 11) is 1.39. The van der Waals surface area contributed by atoms with Crippen LogP contribution in [0.4, 0.5) is 8.78 Å². The Morgan fingerprint density at radius 3 is 2.29 bits per heavy atom. The lowest BCUT2D eigenvalue weighted by Crippen LogP contribution is -2.15. The van der Waals surface area contributed by atoms with E-state index in [1.54, 1.807) is 6.07 Å². The number of methoxy groups -OCH3 is 1. The van der Waals surface area contributed by atoms with Crippen molar-refractivity contribution in [2.45, 2.75) is 64.7 Å². The van der Waals surface area contributed by atoms with E-state index in [4.69, 9.17) is 4.74 Å². The summed E-state index contributed by atoms with van der Waals surface area (Å²) in [6.07, 6.45) is 7.59. The van der Waals surface area contributed by atoms with Gasteiger partial charge in [-0.2, -0.15) is 4.39 Å². The number of rotatable bonds is 5. The van der Waals surface area contributed by atoms with Crippen molar-refractivity contribution in [2.24, 2.45) is 5.92 Å². The third kappa shape index (κ3) is 3.38. The third-order valence-electron chi connectivity index (χ3n) is 4.87. The molecular formula is C18H26F2O. The van der Waals surface area contributed by atoms with Gasteiger partial charge in [-0.15, -0.1) is 0 Å². The van der Waals surface area contributed by atoms with Crippen molar-refractivity contribution in [3.05, 3.63) is 28.8 Å². The van der Waals surface area contributed by atoms with Gasteiger partial charge in [0, 0.05) is 0 Å². The van der Waals surface area contributed by atoms with Crippen LogP contribution in [0.25, 0.3) is 0 Å². The highest BCUT2D eigenvalue weighted by Crippen LogP contribution is 2.41. The minimum absolute atomic E-state index is 0.0374. The van der Waals surface area contributed by atoms with Gasteiger partial charge in [-0.1, -0.05) is 26.7 Å². The van der Waals surface area contributed by atoms with E-state index in [9.17, 15) is 8.78 Å². The molecule has 1 saturated carbocycles. The first-order valence-corrected chi connectivity index (χ1v) is 8.17. The van der Waals surface area contributed by atoms with Crippen molar-refractivity contribution >= 4 is 0 Å². The summed E-state index contributed by atoms with van der Waals surface area (Å²) in [5.74, 6) is -0.378. The smallest absolute Gasteiger partial charge is 0.200 e. The van der Waals surface area contributed by atoms with Crippen LogP contribution in [-0.4, -0.2) is 7.11 Å². The van der Waals surface area contributed by atoms with Crippen LogP contribution in [-0.2, 0) is 6.42 Å². The normalized spacial score (nSPS) is 22.3. The van der Waals surface area contributed by atoms with Crippen LogP contribution < -0.4 is 4.74 Å². The fourth-order valence-corrected chi connectivity index (χ4v) is 3.70. The Morgan fingerprint density at radius 2 is 1.76 bits per heavy atom. The van der Waals surface area contributed by atoms with Crippen LogP contribution in [0.5, 0.6) is 5.75 Å². The second-order valence-corrected chi connectivity index (χ2v) is 6.13. The molecule has 0 N–H and O–H groups in total. The Kier molecular flexibility index (Phi) is 5.60. The molecule has 0 atom stereocenters. The molecule has 0 aliphatic heterocycles. The van der Waals surface area contributed by atoms with E-state index < -0.39 is 11.6 Å². The van der Waals surface area contributed by atoms with Crippen molar-refractivity contribution < 1.29 is 13.5 Å². The molecule has 1 aliphatic carbocycles. The Bertz CT molecular complexity index is 477. The number of hydrogen-bond acceptors (Lipinski definition) is 1.